The molecule has 0 N–H and O–H groups in total. The number of hydrogen-bond acceptors (Lipinski definition) is 3. The summed E-state index contributed by atoms with van der Waals surface area (Å²) in [5.74, 6) is 0.378. The molecule has 0 saturated heterocycles. The Labute approximate surface area is 112 Å². The molecule has 0 unspecified atom stereocenters. The highest BCUT2D eigenvalue weighted by molar-refractivity contribution is 6.06. The van der Waals surface area contributed by atoms with Gasteiger partial charge in [0.2, 0.25) is 5.91 Å². The van der Waals surface area contributed by atoms with Crippen LogP contribution in [-0.4, -0.2) is 30.4 Å². The van der Waals surface area contributed by atoms with Crippen LogP contribution in [-0.2, 0) is 11.2 Å². The Balaban J connectivity index is 2.22. The van der Waals surface area contributed by atoms with Crippen molar-refractivity contribution in [3.63, 3.8) is 0 Å². The van der Waals surface area contributed by atoms with Crippen LogP contribution in [0.5, 0.6) is 5.75 Å². The molecule has 2 amide bonds. The van der Waals surface area contributed by atoms with Gasteiger partial charge in [-0.3, -0.25) is 14.5 Å². The molecular formula is C15H17NO3. The van der Waals surface area contributed by atoms with Gasteiger partial charge < -0.3 is 4.74 Å². The van der Waals surface area contributed by atoms with Crippen molar-refractivity contribution in [1.82, 2.24) is 4.90 Å². The molecule has 0 saturated carbocycles. The van der Waals surface area contributed by atoms with E-state index in [0.29, 0.717) is 18.5 Å². The van der Waals surface area contributed by atoms with Crippen LogP contribution in [0.15, 0.2) is 30.4 Å². The van der Waals surface area contributed by atoms with Crippen LogP contribution >= 0.6 is 0 Å². The molecule has 100 valence electrons. The Morgan fingerprint density at radius 1 is 1.47 bits per heavy atom. The molecule has 1 aromatic carbocycles. The van der Waals surface area contributed by atoms with Crippen LogP contribution in [0, 0.1) is 0 Å². The smallest absolute Gasteiger partial charge is 0.260 e. The summed E-state index contributed by atoms with van der Waals surface area (Å²) in [5.41, 5.74) is 1.54. The minimum atomic E-state index is -0.210. The largest absolute Gasteiger partial charge is 0.497 e. The number of fused-ring (bicyclic) bond motifs is 1. The first-order valence-corrected chi connectivity index (χ1v) is 6.30. The summed E-state index contributed by atoms with van der Waals surface area (Å²) < 4.78 is 5.14. The lowest BCUT2D eigenvalue weighted by molar-refractivity contribution is -0.127. The lowest BCUT2D eigenvalue weighted by Crippen LogP contribution is -2.41. The van der Waals surface area contributed by atoms with Crippen molar-refractivity contribution in [3.05, 3.63) is 41.5 Å². The second-order valence-corrected chi connectivity index (χ2v) is 4.40. The van der Waals surface area contributed by atoms with Crippen LogP contribution in [0.3, 0.4) is 0 Å². The number of ether oxygens (including phenoxy) is 1. The number of hydrogen-bond donors (Lipinski definition) is 0. The second-order valence-electron chi connectivity index (χ2n) is 4.40. The van der Waals surface area contributed by atoms with Crippen molar-refractivity contribution in [1.29, 1.82) is 0 Å². The van der Waals surface area contributed by atoms with Gasteiger partial charge in [-0.05, 0) is 37.1 Å². The van der Waals surface area contributed by atoms with Gasteiger partial charge in [-0.2, -0.15) is 0 Å². The Morgan fingerprint density at radius 2 is 2.26 bits per heavy atom. The van der Waals surface area contributed by atoms with E-state index in [1.54, 1.807) is 25.3 Å². The van der Waals surface area contributed by atoms with Gasteiger partial charge in [0.05, 0.1) is 7.11 Å². The van der Waals surface area contributed by atoms with E-state index in [0.717, 1.165) is 11.3 Å². The predicted molar refractivity (Wildman–Crippen MR) is 72.2 cm³/mol. The first-order valence-electron chi connectivity index (χ1n) is 6.30. The Hall–Kier alpha value is -2.10. The van der Waals surface area contributed by atoms with Crippen molar-refractivity contribution in [2.75, 3.05) is 13.7 Å². The summed E-state index contributed by atoms with van der Waals surface area (Å²) in [6, 6.07) is 5.34. The number of carbonyl (C=O) groups is 2. The zero-order valence-electron chi connectivity index (χ0n) is 11.2. The number of nitrogens with zero attached hydrogens (tertiary/aromatic N) is 1. The van der Waals surface area contributed by atoms with Gasteiger partial charge in [-0.1, -0.05) is 12.2 Å². The van der Waals surface area contributed by atoms with E-state index in [4.69, 9.17) is 4.74 Å². The lowest BCUT2D eigenvalue weighted by Gasteiger charge is -2.26. The molecule has 1 aliphatic heterocycles. The van der Waals surface area contributed by atoms with E-state index < -0.39 is 0 Å². The van der Waals surface area contributed by atoms with E-state index >= 15 is 0 Å². The third-order valence-electron chi connectivity index (χ3n) is 3.22. The molecule has 1 heterocycles. The molecule has 2 rings (SSSR count). The van der Waals surface area contributed by atoms with Gasteiger partial charge in [0.25, 0.3) is 5.91 Å². The Bertz CT molecular complexity index is 534. The minimum Gasteiger partial charge on any atom is -0.497 e. The Kier molecular flexibility index (Phi) is 4.00. The third-order valence-corrected chi connectivity index (χ3v) is 3.22. The molecule has 0 aliphatic carbocycles. The quantitative estimate of drug-likeness (QED) is 0.782. The van der Waals surface area contributed by atoms with Gasteiger partial charge in [-0.15, -0.1) is 0 Å². The Morgan fingerprint density at radius 3 is 2.95 bits per heavy atom. The monoisotopic (exact) mass is 259 g/mol. The van der Waals surface area contributed by atoms with Crippen molar-refractivity contribution < 1.29 is 14.3 Å². The number of allylic oxidation sites excluding steroid dienone is 1. The summed E-state index contributed by atoms with van der Waals surface area (Å²) in [4.78, 5) is 25.5. The number of rotatable bonds is 3. The average molecular weight is 259 g/mol. The first kappa shape index (κ1) is 13.3. The van der Waals surface area contributed by atoms with Gasteiger partial charge in [-0.25, -0.2) is 0 Å². The van der Waals surface area contributed by atoms with E-state index in [2.05, 4.69) is 0 Å². The molecule has 19 heavy (non-hydrogen) atoms. The van der Waals surface area contributed by atoms with Crippen molar-refractivity contribution >= 4 is 11.8 Å². The number of methoxy groups -OCH3 is 1. The first-order chi connectivity index (χ1) is 9.17. The lowest BCUT2D eigenvalue weighted by atomic mass is 9.98. The third kappa shape index (κ3) is 2.67. The predicted octanol–water partition coefficient (Wildman–Crippen LogP) is 2.19. The maximum absolute atomic E-state index is 12.3. The SMILES string of the molecule is C/C=C/CC(=O)N1CCc2cc(OC)ccc2C1=O. The number of carbonyl (C=O) groups excluding carboxylic acids is 2. The normalized spacial score (nSPS) is 14.6. The van der Waals surface area contributed by atoms with Crippen molar-refractivity contribution in [3.8, 4) is 5.75 Å². The van der Waals surface area contributed by atoms with Crippen LogP contribution in [0.1, 0.15) is 29.3 Å². The molecule has 0 fully saturated rings. The highest BCUT2D eigenvalue weighted by atomic mass is 16.5. The zero-order chi connectivity index (χ0) is 13.8. The molecule has 1 aliphatic rings. The highest BCUT2D eigenvalue weighted by Gasteiger charge is 2.28. The summed E-state index contributed by atoms with van der Waals surface area (Å²) >= 11 is 0. The van der Waals surface area contributed by atoms with Crippen molar-refractivity contribution in [2.45, 2.75) is 19.8 Å². The molecule has 1 aromatic rings. The van der Waals surface area contributed by atoms with Crippen LogP contribution in [0.25, 0.3) is 0 Å². The number of imide groups is 1. The van der Waals surface area contributed by atoms with E-state index in [1.807, 2.05) is 19.1 Å². The van der Waals surface area contributed by atoms with Crippen molar-refractivity contribution in [2.24, 2.45) is 0 Å². The molecule has 4 heteroatoms. The fourth-order valence-corrected chi connectivity index (χ4v) is 2.16. The maximum Gasteiger partial charge on any atom is 0.260 e. The van der Waals surface area contributed by atoms with Gasteiger partial charge in [0, 0.05) is 18.5 Å². The second kappa shape index (κ2) is 5.69. The van der Waals surface area contributed by atoms with Crippen LogP contribution in [0.4, 0.5) is 0 Å². The topological polar surface area (TPSA) is 46.6 Å². The molecule has 0 spiro atoms. The van der Waals surface area contributed by atoms with Gasteiger partial charge in [0.15, 0.2) is 0 Å². The van der Waals surface area contributed by atoms with Gasteiger partial charge >= 0.3 is 0 Å². The summed E-state index contributed by atoms with van der Waals surface area (Å²) in [7, 11) is 1.60. The molecule has 0 aromatic heterocycles. The number of benzene rings is 1. The fraction of sp³-hybridized carbons (Fsp3) is 0.333. The van der Waals surface area contributed by atoms with Gasteiger partial charge in [0.1, 0.15) is 5.75 Å². The summed E-state index contributed by atoms with van der Waals surface area (Å²) in [6.07, 6.45) is 4.53. The van der Waals surface area contributed by atoms with E-state index in [-0.39, 0.29) is 18.2 Å². The standard InChI is InChI=1S/C15H17NO3/c1-3-4-5-14(17)16-9-8-11-10-12(19-2)6-7-13(11)15(16)18/h3-4,6-7,10H,5,8-9H2,1-2H3/b4-3+. The summed E-state index contributed by atoms with van der Waals surface area (Å²) in [6.45, 7) is 2.29. The van der Waals surface area contributed by atoms with Crippen LogP contribution in [0.2, 0.25) is 0 Å². The summed E-state index contributed by atoms with van der Waals surface area (Å²) in [5, 5.41) is 0. The minimum absolute atomic E-state index is 0.149. The van der Waals surface area contributed by atoms with Crippen LogP contribution < -0.4 is 4.74 Å². The zero-order valence-corrected chi connectivity index (χ0v) is 11.2. The van der Waals surface area contributed by atoms with E-state index in [9.17, 15) is 9.59 Å². The highest BCUT2D eigenvalue weighted by Crippen LogP contribution is 2.24. The molecule has 4 nitrogen and oxygen atoms in total. The van der Waals surface area contributed by atoms with E-state index in [1.165, 1.54) is 4.90 Å². The molecular weight excluding hydrogens is 242 g/mol. The molecule has 0 atom stereocenters. The molecule has 0 bridgehead atoms. The number of amides is 2. The molecule has 0 radical (unpaired) electrons. The maximum atomic E-state index is 12.3. The average Bonchev–Trinajstić information content (AvgIpc) is 2.44. The fourth-order valence-electron chi connectivity index (χ4n) is 2.16.